The zero-order valence-electron chi connectivity index (χ0n) is 6.82. The highest BCUT2D eigenvalue weighted by Gasteiger charge is 2.25. The third-order valence-corrected chi connectivity index (χ3v) is 2.09. The molecule has 0 amide bonds. The van der Waals surface area contributed by atoms with E-state index in [1.54, 1.807) is 0 Å². The van der Waals surface area contributed by atoms with Crippen LogP contribution in [-0.4, -0.2) is 8.76 Å². The predicted octanol–water partition coefficient (Wildman–Crippen LogP) is 1.76. The van der Waals surface area contributed by atoms with E-state index in [4.69, 9.17) is 0 Å². The molecule has 0 aromatic heterocycles. The lowest BCUT2D eigenvalue weighted by molar-refractivity contribution is 0.372. The summed E-state index contributed by atoms with van der Waals surface area (Å²) in [6.45, 7) is 0. The van der Waals surface area contributed by atoms with Crippen LogP contribution in [0.2, 0.25) is 0 Å². The van der Waals surface area contributed by atoms with Gasteiger partial charge in [-0.3, -0.25) is 4.21 Å². The molecular formula is C7H2F5O2S-. The lowest BCUT2D eigenvalue weighted by atomic mass is 10.2. The van der Waals surface area contributed by atoms with Gasteiger partial charge in [0.05, 0.1) is 0 Å². The molecule has 0 aliphatic carbocycles. The van der Waals surface area contributed by atoms with Crippen LogP contribution in [0.4, 0.5) is 22.0 Å². The van der Waals surface area contributed by atoms with Crippen molar-refractivity contribution in [2.45, 2.75) is 5.75 Å². The van der Waals surface area contributed by atoms with Gasteiger partial charge in [0.1, 0.15) is 0 Å². The van der Waals surface area contributed by atoms with Crippen LogP contribution in [0.5, 0.6) is 0 Å². The maximum atomic E-state index is 12.8. The molecule has 84 valence electrons. The van der Waals surface area contributed by atoms with Crippen LogP contribution < -0.4 is 0 Å². The molecule has 0 heterocycles. The minimum Gasteiger partial charge on any atom is -0.772 e. The second-order valence-electron chi connectivity index (χ2n) is 2.50. The van der Waals surface area contributed by atoms with Crippen molar-refractivity contribution in [3.63, 3.8) is 0 Å². The normalized spacial score (nSPS) is 12.9. The van der Waals surface area contributed by atoms with E-state index in [1.807, 2.05) is 0 Å². The van der Waals surface area contributed by atoms with E-state index in [2.05, 4.69) is 0 Å². The number of hydrogen-bond donors (Lipinski definition) is 0. The number of benzene rings is 1. The second kappa shape index (κ2) is 4.23. The van der Waals surface area contributed by atoms with E-state index < -0.39 is 51.5 Å². The van der Waals surface area contributed by atoms with E-state index in [9.17, 15) is 30.7 Å². The van der Waals surface area contributed by atoms with Gasteiger partial charge in [-0.05, 0) is 0 Å². The van der Waals surface area contributed by atoms with Crippen LogP contribution in [0.1, 0.15) is 5.56 Å². The van der Waals surface area contributed by atoms with Gasteiger partial charge in [-0.25, -0.2) is 22.0 Å². The Bertz CT molecular complexity index is 405. The van der Waals surface area contributed by atoms with Crippen molar-refractivity contribution >= 4 is 11.1 Å². The van der Waals surface area contributed by atoms with Gasteiger partial charge >= 0.3 is 0 Å². The molecule has 8 heteroatoms. The quantitative estimate of drug-likeness (QED) is 0.345. The zero-order valence-corrected chi connectivity index (χ0v) is 7.64. The van der Waals surface area contributed by atoms with Crippen molar-refractivity contribution in [1.29, 1.82) is 0 Å². The maximum Gasteiger partial charge on any atom is 0.200 e. The summed E-state index contributed by atoms with van der Waals surface area (Å²) in [5.41, 5.74) is -1.36. The Balaban J connectivity index is 3.45. The van der Waals surface area contributed by atoms with Gasteiger partial charge in [0.2, 0.25) is 5.82 Å². The molecule has 0 fully saturated rings. The van der Waals surface area contributed by atoms with Gasteiger partial charge in [-0.2, -0.15) is 0 Å². The molecule has 2 nitrogen and oxygen atoms in total. The summed E-state index contributed by atoms with van der Waals surface area (Å²) in [5, 5.41) is 0. The predicted molar refractivity (Wildman–Crippen MR) is 38.9 cm³/mol. The lowest BCUT2D eigenvalue weighted by Crippen LogP contribution is -2.09. The molecule has 1 aromatic carbocycles. The maximum absolute atomic E-state index is 12.8. The Morgan fingerprint density at radius 3 is 1.53 bits per heavy atom. The molecular weight excluding hydrogens is 243 g/mol. The first-order chi connectivity index (χ1) is 6.86. The van der Waals surface area contributed by atoms with E-state index in [0.29, 0.717) is 0 Å². The molecule has 1 rings (SSSR count). The van der Waals surface area contributed by atoms with Crippen molar-refractivity contribution < 1.29 is 30.7 Å². The zero-order chi connectivity index (χ0) is 11.7. The second-order valence-corrected chi connectivity index (χ2v) is 3.39. The summed E-state index contributed by atoms with van der Waals surface area (Å²) in [6, 6.07) is 0. The van der Waals surface area contributed by atoms with Crippen LogP contribution in [0.25, 0.3) is 0 Å². The van der Waals surface area contributed by atoms with Gasteiger partial charge in [0.15, 0.2) is 23.3 Å². The Hall–Kier alpha value is -1.02. The fraction of sp³-hybridized carbons (Fsp3) is 0.143. The number of rotatable bonds is 2. The van der Waals surface area contributed by atoms with Gasteiger partial charge in [-0.1, -0.05) is 11.1 Å². The molecule has 0 radical (unpaired) electrons. The molecule has 0 N–H and O–H groups in total. The molecule has 0 saturated heterocycles. The fourth-order valence-corrected chi connectivity index (χ4v) is 1.38. The molecule has 0 spiro atoms. The average Bonchev–Trinajstić information content (AvgIpc) is 2.18. The summed E-state index contributed by atoms with van der Waals surface area (Å²) in [5.74, 6) is -12.2. The SMILES string of the molecule is O=S([O-])Cc1c(F)c(F)c(F)c(F)c1F. The van der Waals surface area contributed by atoms with E-state index >= 15 is 0 Å². The highest BCUT2D eigenvalue weighted by atomic mass is 32.2. The topological polar surface area (TPSA) is 40.1 Å². The summed E-state index contributed by atoms with van der Waals surface area (Å²) in [7, 11) is 0. The number of halogens is 5. The minimum atomic E-state index is -2.95. The van der Waals surface area contributed by atoms with Gasteiger partial charge in [0.25, 0.3) is 0 Å². The summed E-state index contributed by atoms with van der Waals surface area (Å²) < 4.78 is 83.2. The molecule has 1 unspecified atom stereocenters. The van der Waals surface area contributed by atoms with E-state index in [1.165, 1.54) is 0 Å². The highest BCUT2D eigenvalue weighted by Crippen LogP contribution is 2.23. The number of hydrogen-bond acceptors (Lipinski definition) is 2. The summed E-state index contributed by atoms with van der Waals surface area (Å²) in [6.07, 6.45) is 0. The third kappa shape index (κ3) is 2.15. The Labute approximate surface area is 83.0 Å². The Morgan fingerprint density at radius 1 is 0.867 bits per heavy atom. The highest BCUT2D eigenvalue weighted by molar-refractivity contribution is 7.78. The van der Waals surface area contributed by atoms with Crippen LogP contribution in [0.15, 0.2) is 0 Å². The average molecular weight is 245 g/mol. The molecule has 15 heavy (non-hydrogen) atoms. The van der Waals surface area contributed by atoms with Crippen LogP contribution in [0, 0.1) is 29.1 Å². The molecule has 0 bridgehead atoms. The first-order valence-corrected chi connectivity index (χ1v) is 4.66. The smallest absolute Gasteiger partial charge is 0.200 e. The van der Waals surface area contributed by atoms with Crippen molar-refractivity contribution in [3.05, 3.63) is 34.6 Å². The first kappa shape index (κ1) is 12.1. The van der Waals surface area contributed by atoms with E-state index in [-0.39, 0.29) is 0 Å². The minimum absolute atomic E-state index is 1.27. The lowest BCUT2D eigenvalue weighted by Gasteiger charge is -2.09. The molecule has 0 saturated carbocycles. The summed E-state index contributed by atoms with van der Waals surface area (Å²) in [4.78, 5) is 0. The van der Waals surface area contributed by atoms with Crippen molar-refractivity contribution in [1.82, 2.24) is 0 Å². The fourth-order valence-electron chi connectivity index (χ4n) is 0.895. The van der Waals surface area contributed by atoms with Crippen LogP contribution in [0.3, 0.4) is 0 Å². The molecule has 1 atom stereocenters. The Kier molecular flexibility index (Phi) is 3.40. The van der Waals surface area contributed by atoms with E-state index in [0.717, 1.165) is 0 Å². The monoisotopic (exact) mass is 245 g/mol. The van der Waals surface area contributed by atoms with Crippen molar-refractivity contribution in [2.75, 3.05) is 0 Å². The van der Waals surface area contributed by atoms with Gasteiger partial charge in [0, 0.05) is 11.3 Å². The largest absolute Gasteiger partial charge is 0.772 e. The summed E-state index contributed by atoms with van der Waals surface area (Å²) >= 11 is -2.95. The molecule has 1 aromatic rings. The van der Waals surface area contributed by atoms with Crippen molar-refractivity contribution in [3.8, 4) is 0 Å². The standard InChI is InChI=1S/C7H3F5O2S/c8-3-2(1-15(13)14)4(9)6(11)7(12)5(3)10/h1H2,(H,13,14)/p-1. The van der Waals surface area contributed by atoms with Crippen LogP contribution >= 0.6 is 0 Å². The Morgan fingerprint density at radius 2 is 1.20 bits per heavy atom. The molecule has 0 aliphatic rings. The van der Waals surface area contributed by atoms with Crippen molar-refractivity contribution in [2.24, 2.45) is 0 Å². The molecule has 0 aliphatic heterocycles. The van der Waals surface area contributed by atoms with Gasteiger partial charge in [-0.15, -0.1) is 0 Å². The third-order valence-electron chi connectivity index (χ3n) is 1.56. The first-order valence-electron chi connectivity index (χ1n) is 3.42. The van der Waals surface area contributed by atoms with Crippen LogP contribution in [-0.2, 0) is 16.8 Å². The van der Waals surface area contributed by atoms with Gasteiger partial charge < -0.3 is 4.55 Å².